The Balaban J connectivity index is 1.33. The first-order valence-electron chi connectivity index (χ1n) is 21.4. The maximum Gasteiger partial charge on any atom is 0.410 e. The van der Waals surface area contributed by atoms with Crippen LogP contribution < -0.4 is 19.9 Å². The molecule has 3 heterocycles. The van der Waals surface area contributed by atoms with E-state index in [4.69, 9.17) is 29.7 Å². The fourth-order valence-electron chi connectivity index (χ4n) is 7.82. The largest absolute Gasteiger partial charge is 0.497 e. The summed E-state index contributed by atoms with van der Waals surface area (Å²) < 4.78 is 58.6. The van der Waals surface area contributed by atoms with Crippen molar-refractivity contribution in [3.63, 3.8) is 0 Å². The molecular formula is C48H52N8O7S3. The van der Waals surface area contributed by atoms with Crippen LogP contribution in [0.25, 0.3) is 32.7 Å². The number of hydrogen-bond donors (Lipinski definition) is 1. The van der Waals surface area contributed by atoms with E-state index >= 15 is 8.42 Å². The Morgan fingerprint density at radius 3 is 1.94 bits per heavy atom. The number of likely N-dealkylation sites (tertiary alicyclic amines) is 1. The molecule has 2 N–H and O–H groups in total. The molecule has 2 aromatic heterocycles. The van der Waals surface area contributed by atoms with Crippen LogP contribution >= 0.6 is 23.1 Å². The fraction of sp³-hybridized carbons (Fsp3) is 0.312. The summed E-state index contributed by atoms with van der Waals surface area (Å²) in [4.78, 5) is 20.1. The number of hydrogen-bond acceptors (Lipinski definition) is 14. The lowest BCUT2D eigenvalue weighted by Gasteiger charge is -2.33. The van der Waals surface area contributed by atoms with Gasteiger partial charge in [-0.25, -0.2) is 22.9 Å². The maximum atomic E-state index is 16.3. The third-order valence-corrected chi connectivity index (χ3v) is 15.4. The highest BCUT2D eigenvalue weighted by Gasteiger charge is 2.37. The van der Waals surface area contributed by atoms with Gasteiger partial charge in [-0.3, -0.25) is 0 Å². The van der Waals surface area contributed by atoms with Crippen molar-refractivity contribution in [2.75, 3.05) is 40.2 Å². The van der Waals surface area contributed by atoms with Gasteiger partial charge in [0.1, 0.15) is 27.7 Å². The molecule has 15 nitrogen and oxygen atoms in total. The Morgan fingerprint density at radius 1 is 0.803 bits per heavy atom. The van der Waals surface area contributed by atoms with Crippen LogP contribution in [0, 0.1) is 0 Å². The average Bonchev–Trinajstić information content (AvgIpc) is 3.94. The zero-order chi connectivity index (χ0) is 46.6. The summed E-state index contributed by atoms with van der Waals surface area (Å²) in [6.45, 7) is 6.72. The van der Waals surface area contributed by atoms with Gasteiger partial charge < -0.3 is 29.6 Å². The number of benzene rings is 5. The quantitative estimate of drug-likeness (QED) is 0.103. The summed E-state index contributed by atoms with van der Waals surface area (Å²) in [7, 11) is 0.297. The van der Waals surface area contributed by atoms with E-state index in [1.54, 1.807) is 30.9 Å². The Kier molecular flexibility index (Phi) is 13.8. The van der Waals surface area contributed by atoms with Gasteiger partial charge >= 0.3 is 6.09 Å². The number of ether oxygens (including phenoxy) is 4. The van der Waals surface area contributed by atoms with Gasteiger partial charge in [-0.15, -0.1) is 16.9 Å². The molecule has 0 spiro atoms. The molecule has 1 saturated heterocycles. The Labute approximate surface area is 392 Å². The van der Waals surface area contributed by atoms with Gasteiger partial charge in [-0.05, 0) is 115 Å². The topological polar surface area (TPSA) is 177 Å². The van der Waals surface area contributed by atoms with E-state index in [0.29, 0.717) is 75.4 Å². The van der Waals surface area contributed by atoms with Crippen molar-refractivity contribution in [2.24, 2.45) is 0 Å². The number of aromatic nitrogens is 5. The normalized spacial score (nSPS) is 13.6. The van der Waals surface area contributed by atoms with Gasteiger partial charge in [0, 0.05) is 41.9 Å². The number of fused-ring (bicyclic) bond motifs is 1. The molecule has 1 aliphatic heterocycles. The van der Waals surface area contributed by atoms with Crippen molar-refractivity contribution in [3.8, 4) is 39.8 Å². The molecule has 7 aromatic rings. The lowest BCUT2D eigenvalue weighted by Crippen LogP contribution is -2.42. The van der Waals surface area contributed by atoms with Crippen molar-refractivity contribution in [3.05, 3.63) is 120 Å². The molecule has 1 fully saturated rings. The number of amides is 1. The van der Waals surface area contributed by atoms with Crippen LogP contribution in [0.2, 0.25) is 0 Å². The molecule has 0 unspecified atom stereocenters. The van der Waals surface area contributed by atoms with Crippen LogP contribution in [-0.4, -0.2) is 94.2 Å². The number of piperidine rings is 1. The summed E-state index contributed by atoms with van der Waals surface area (Å²) in [6, 6.07) is 31.9. The number of para-hydroxylation sites is 1. The molecule has 1 amide bonds. The van der Waals surface area contributed by atoms with Crippen LogP contribution in [0.1, 0.15) is 50.3 Å². The number of sulfonamides is 1. The molecule has 18 heteroatoms. The smallest absolute Gasteiger partial charge is 0.410 e. The minimum absolute atomic E-state index is 0.0232. The zero-order valence-corrected chi connectivity index (χ0v) is 40.1. The number of rotatable bonds is 15. The highest BCUT2D eigenvalue weighted by Crippen LogP contribution is 2.47. The first-order chi connectivity index (χ1) is 31.7. The maximum absolute atomic E-state index is 16.3. The molecule has 5 aromatic carbocycles. The first kappa shape index (κ1) is 46.3. The molecule has 0 saturated carbocycles. The molecule has 8 rings (SSSR count). The standard InChI is InChI=1S/C48H52N8O7S3/c1-48(2,3)63-47(57)54-26-24-37(25-27-54)64-41-23-22-38(39-8-7-9-40-43(39)50-46(49)65-40)42(45-51-52-53-56(45)30-33-14-20-36(62-6)21-15-33)44(41)66(58,59)55(28-31-10-16-34(60-4)17-11-31)29-32-12-18-35(61-5)19-13-32/h7-23,37H,24-30H2,1-6H3,(H2,49,50). The predicted molar refractivity (Wildman–Crippen MR) is 257 cm³/mol. The number of anilines is 1. The number of thioether (sulfide) groups is 1. The van der Waals surface area contributed by atoms with Gasteiger partial charge in [0.25, 0.3) is 0 Å². The fourth-order valence-corrected chi connectivity index (χ4v) is 11.9. The van der Waals surface area contributed by atoms with Crippen molar-refractivity contribution >= 4 is 54.6 Å². The third kappa shape index (κ3) is 10.4. The average molecular weight is 949 g/mol. The Morgan fingerprint density at radius 2 is 1.38 bits per heavy atom. The van der Waals surface area contributed by atoms with Crippen molar-refractivity contribution in [1.82, 2.24) is 34.4 Å². The van der Waals surface area contributed by atoms with Crippen molar-refractivity contribution < 1.29 is 32.2 Å². The Bertz CT molecular complexity index is 2860. The van der Waals surface area contributed by atoms with Crippen LogP contribution in [0.4, 0.5) is 9.93 Å². The first-order valence-corrected chi connectivity index (χ1v) is 24.5. The van der Waals surface area contributed by atoms with E-state index in [1.807, 2.05) is 124 Å². The Hall–Kier alpha value is -6.21. The van der Waals surface area contributed by atoms with Gasteiger partial charge in [0.15, 0.2) is 11.0 Å². The van der Waals surface area contributed by atoms with E-state index < -0.39 is 15.6 Å². The second kappa shape index (κ2) is 19.7. The molecule has 66 heavy (non-hydrogen) atoms. The number of nitrogens with zero attached hydrogens (tertiary/aromatic N) is 7. The minimum Gasteiger partial charge on any atom is -0.497 e. The van der Waals surface area contributed by atoms with E-state index in [2.05, 4.69) is 15.5 Å². The highest BCUT2D eigenvalue weighted by atomic mass is 32.2. The third-order valence-electron chi connectivity index (χ3n) is 11.1. The summed E-state index contributed by atoms with van der Waals surface area (Å²) in [5, 5.41) is 13.6. The summed E-state index contributed by atoms with van der Waals surface area (Å²) in [6.07, 6.45) is 0.845. The zero-order valence-electron chi connectivity index (χ0n) is 37.6. The summed E-state index contributed by atoms with van der Waals surface area (Å²) >= 11 is 2.83. The monoisotopic (exact) mass is 948 g/mol. The second-order valence-electron chi connectivity index (χ2n) is 16.8. The van der Waals surface area contributed by atoms with Gasteiger partial charge in [-0.1, -0.05) is 65.9 Å². The number of carbonyl (C=O) groups excluding carboxylic acids is 1. The van der Waals surface area contributed by atoms with Crippen LogP contribution in [0.15, 0.2) is 113 Å². The van der Waals surface area contributed by atoms with Crippen molar-refractivity contribution in [1.29, 1.82) is 0 Å². The number of nitrogen functional groups attached to an aromatic ring is 1. The lowest BCUT2D eigenvalue weighted by atomic mass is 9.98. The molecular weight excluding hydrogens is 897 g/mol. The van der Waals surface area contributed by atoms with E-state index in [-0.39, 0.29) is 41.7 Å². The molecule has 0 atom stereocenters. The summed E-state index contributed by atoms with van der Waals surface area (Å²) in [5.41, 5.74) is 10.2. The SMILES string of the molecule is COc1ccc(CN(Cc2ccc(OC)cc2)S(=O)(=O)c2c(SC3CCN(C(=O)OC(C)(C)C)CC3)ccc(-c3cccc4sc(N)nc34)c2-c2nnnn2Cc2ccc(OC)cc2)cc1. The van der Waals surface area contributed by atoms with Crippen LogP contribution in [0.5, 0.6) is 17.2 Å². The van der Waals surface area contributed by atoms with Gasteiger partial charge in [0.2, 0.25) is 10.0 Å². The number of methoxy groups -OCH3 is 3. The molecule has 344 valence electrons. The highest BCUT2D eigenvalue weighted by molar-refractivity contribution is 8.00. The number of tetrazole rings is 1. The lowest BCUT2D eigenvalue weighted by molar-refractivity contribution is 0.0219. The number of carbonyl (C=O) groups is 1. The number of nitrogens with two attached hydrogens (primary N) is 1. The molecule has 1 aliphatic rings. The minimum atomic E-state index is -4.49. The van der Waals surface area contributed by atoms with Crippen LogP contribution in [-0.2, 0) is 34.4 Å². The summed E-state index contributed by atoms with van der Waals surface area (Å²) in [5.74, 6) is 2.23. The van der Waals surface area contributed by atoms with Crippen molar-refractivity contribution in [2.45, 2.75) is 73.9 Å². The second-order valence-corrected chi connectivity index (χ2v) is 21.1. The predicted octanol–water partition coefficient (Wildman–Crippen LogP) is 9.16. The van der Waals surface area contributed by atoms with E-state index in [0.717, 1.165) is 21.4 Å². The van der Waals surface area contributed by atoms with Gasteiger partial charge in [-0.2, -0.15) is 4.31 Å². The van der Waals surface area contributed by atoms with E-state index in [9.17, 15) is 4.79 Å². The number of thiazole rings is 1. The molecule has 0 radical (unpaired) electrons. The van der Waals surface area contributed by atoms with E-state index in [1.165, 1.54) is 27.4 Å². The molecule has 0 bridgehead atoms. The van der Waals surface area contributed by atoms with Crippen LogP contribution in [0.3, 0.4) is 0 Å². The van der Waals surface area contributed by atoms with Gasteiger partial charge in [0.05, 0.1) is 43.7 Å². The molecule has 0 aliphatic carbocycles.